The zero-order valence-corrected chi connectivity index (χ0v) is 17.5. The van der Waals surface area contributed by atoms with E-state index in [1.807, 2.05) is 54.2 Å². The number of nitrogens with zero attached hydrogens (tertiary/aromatic N) is 4. The Bertz CT molecular complexity index is 923. The zero-order chi connectivity index (χ0) is 19.1. The molecular formula is C17H16ClN5OS3. The van der Waals surface area contributed by atoms with Gasteiger partial charge in [-0.3, -0.25) is 4.79 Å². The lowest BCUT2D eigenvalue weighted by Gasteiger charge is -1.98. The Kier molecular flexibility index (Phi) is 7.33. The average Bonchev–Trinajstić information content (AvgIpc) is 3.29. The van der Waals surface area contributed by atoms with Crippen molar-refractivity contribution in [3.05, 3.63) is 58.9 Å². The lowest BCUT2D eigenvalue weighted by Crippen LogP contribution is -2.19. The van der Waals surface area contributed by atoms with Gasteiger partial charge in [-0.25, -0.2) is 5.43 Å². The van der Waals surface area contributed by atoms with Crippen molar-refractivity contribution in [3.8, 4) is 0 Å². The summed E-state index contributed by atoms with van der Waals surface area (Å²) < 4.78 is 3.54. The van der Waals surface area contributed by atoms with Crippen molar-refractivity contribution in [2.45, 2.75) is 14.4 Å². The standard InChI is InChI=1S/C17H16ClN5OS3/c1-23-8-2-3-14(23)9-19-20-15(24)11-26-17-22-21-16(27-17)25-10-12-4-6-13(18)7-5-12/h2-9H,10-11H2,1H3,(H,20,24). The van der Waals surface area contributed by atoms with Gasteiger partial charge in [-0.2, -0.15) is 5.10 Å². The van der Waals surface area contributed by atoms with Gasteiger partial charge in [0.25, 0.3) is 5.91 Å². The molecule has 0 aliphatic heterocycles. The first-order chi connectivity index (χ1) is 13.1. The van der Waals surface area contributed by atoms with Crippen molar-refractivity contribution >= 4 is 58.6 Å². The average molecular weight is 438 g/mol. The Morgan fingerprint density at radius 3 is 2.70 bits per heavy atom. The molecule has 3 rings (SSSR count). The highest BCUT2D eigenvalue weighted by Gasteiger charge is 2.08. The van der Waals surface area contributed by atoms with Gasteiger partial charge < -0.3 is 4.57 Å². The number of aromatic nitrogens is 3. The predicted octanol–water partition coefficient (Wildman–Crippen LogP) is 4.06. The molecule has 0 spiro atoms. The summed E-state index contributed by atoms with van der Waals surface area (Å²) in [4.78, 5) is 11.9. The Morgan fingerprint density at radius 2 is 2.00 bits per heavy atom. The maximum absolute atomic E-state index is 11.9. The molecule has 0 fully saturated rings. The van der Waals surface area contributed by atoms with Gasteiger partial charge in [0.2, 0.25) is 0 Å². The number of aryl methyl sites for hydroxylation is 1. The van der Waals surface area contributed by atoms with Crippen LogP contribution in [0.4, 0.5) is 0 Å². The Labute approximate surface area is 174 Å². The van der Waals surface area contributed by atoms with Crippen LogP contribution in [0.5, 0.6) is 0 Å². The maximum Gasteiger partial charge on any atom is 0.250 e. The van der Waals surface area contributed by atoms with Crippen LogP contribution in [0, 0.1) is 0 Å². The second-order valence-corrected chi connectivity index (χ2v) is 9.23. The molecule has 0 saturated heterocycles. The number of halogens is 1. The van der Waals surface area contributed by atoms with Gasteiger partial charge >= 0.3 is 0 Å². The lowest BCUT2D eigenvalue weighted by molar-refractivity contribution is -0.118. The second kappa shape index (κ2) is 9.93. The van der Waals surface area contributed by atoms with Crippen LogP contribution < -0.4 is 5.43 Å². The van der Waals surface area contributed by atoms with E-state index in [1.165, 1.54) is 28.7 Å². The summed E-state index contributed by atoms with van der Waals surface area (Å²) in [6.07, 6.45) is 3.52. The number of carbonyl (C=O) groups is 1. The van der Waals surface area contributed by atoms with Crippen molar-refractivity contribution in [1.82, 2.24) is 20.2 Å². The van der Waals surface area contributed by atoms with Crippen molar-refractivity contribution in [2.24, 2.45) is 12.1 Å². The van der Waals surface area contributed by atoms with Crippen LogP contribution in [-0.4, -0.2) is 32.6 Å². The molecule has 140 valence electrons. The molecule has 0 aliphatic rings. The molecule has 27 heavy (non-hydrogen) atoms. The van der Waals surface area contributed by atoms with Crippen molar-refractivity contribution in [2.75, 3.05) is 5.75 Å². The molecule has 6 nitrogen and oxygen atoms in total. The highest BCUT2D eigenvalue weighted by Crippen LogP contribution is 2.30. The van der Waals surface area contributed by atoms with Crippen LogP contribution in [-0.2, 0) is 17.6 Å². The summed E-state index contributed by atoms with van der Waals surface area (Å²) in [6.45, 7) is 0. The quantitative estimate of drug-likeness (QED) is 0.327. The molecule has 2 aromatic heterocycles. The number of rotatable bonds is 8. The summed E-state index contributed by atoms with van der Waals surface area (Å²) in [5, 5.41) is 13.0. The van der Waals surface area contributed by atoms with E-state index >= 15 is 0 Å². The molecule has 1 aromatic carbocycles. The van der Waals surface area contributed by atoms with Gasteiger partial charge in [0.15, 0.2) is 8.68 Å². The summed E-state index contributed by atoms with van der Waals surface area (Å²) >= 11 is 10.3. The topological polar surface area (TPSA) is 72.2 Å². The smallest absolute Gasteiger partial charge is 0.250 e. The van der Waals surface area contributed by atoms with Crippen LogP contribution in [0.2, 0.25) is 5.02 Å². The first-order valence-corrected chi connectivity index (χ1v) is 11.0. The second-order valence-electron chi connectivity index (χ2n) is 5.37. The van der Waals surface area contributed by atoms with Crippen LogP contribution >= 0.6 is 46.5 Å². The van der Waals surface area contributed by atoms with Gasteiger partial charge in [0.1, 0.15) is 0 Å². The number of carbonyl (C=O) groups excluding carboxylic acids is 1. The Balaban J connectivity index is 1.41. The highest BCUT2D eigenvalue weighted by molar-refractivity contribution is 8.03. The normalized spacial score (nSPS) is 11.2. The summed E-state index contributed by atoms with van der Waals surface area (Å²) in [5.41, 5.74) is 4.60. The third-order valence-corrected chi connectivity index (χ3v) is 6.87. The Morgan fingerprint density at radius 1 is 1.26 bits per heavy atom. The predicted molar refractivity (Wildman–Crippen MR) is 113 cm³/mol. The fourth-order valence-electron chi connectivity index (χ4n) is 1.98. The number of hydrogen-bond donors (Lipinski definition) is 1. The molecule has 10 heteroatoms. The molecule has 0 bridgehead atoms. The Hall–Kier alpha value is -1.81. The van der Waals surface area contributed by atoms with Gasteiger partial charge in [-0.15, -0.1) is 10.2 Å². The van der Waals surface area contributed by atoms with Crippen LogP contribution in [0.1, 0.15) is 11.3 Å². The van der Waals surface area contributed by atoms with Gasteiger partial charge in [-0.1, -0.05) is 58.6 Å². The SMILES string of the molecule is Cn1cccc1C=NNC(=O)CSc1nnc(SCc2ccc(Cl)cc2)s1. The van der Waals surface area contributed by atoms with Crippen LogP contribution in [0.25, 0.3) is 0 Å². The fraction of sp³-hybridized carbons (Fsp3) is 0.176. The van der Waals surface area contributed by atoms with E-state index in [4.69, 9.17) is 11.6 Å². The van der Waals surface area contributed by atoms with E-state index in [0.717, 1.165) is 25.1 Å². The molecule has 0 unspecified atom stereocenters. The minimum absolute atomic E-state index is 0.184. The highest BCUT2D eigenvalue weighted by atomic mass is 35.5. The molecule has 0 radical (unpaired) electrons. The maximum atomic E-state index is 11.9. The van der Waals surface area contributed by atoms with Gasteiger partial charge in [0, 0.05) is 24.0 Å². The third kappa shape index (κ3) is 6.39. The van der Waals surface area contributed by atoms with E-state index in [-0.39, 0.29) is 11.7 Å². The lowest BCUT2D eigenvalue weighted by atomic mass is 10.2. The molecule has 1 N–H and O–H groups in total. The first-order valence-electron chi connectivity index (χ1n) is 7.87. The third-order valence-electron chi connectivity index (χ3n) is 3.36. The summed E-state index contributed by atoms with van der Waals surface area (Å²) in [7, 11) is 1.91. The summed E-state index contributed by atoms with van der Waals surface area (Å²) in [5.74, 6) is 0.849. The minimum atomic E-state index is -0.184. The molecular weight excluding hydrogens is 422 g/mol. The van der Waals surface area contributed by atoms with E-state index in [2.05, 4.69) is 20.7 Å². The van der Waals surface area contributed by atoms with Crippen molar-refractivity contribution in [1.29, 1.82) is 0 Å². The van der Waals surface area contributed by atoms with Gasteiger partial charge in [0.05, 0.1) is 17.7 Å². The molecule has 2 heterocycles. The minimum Gasteiger partial charge on any atom is -0.350 e. The number of hydrogen-bond acceptors (Lipinski definition) is 7. The van der Waals surface area contributed by atoms with E-state index < -0.39 is 0 Å². The van der Waals surface area contributed by atoms with Crippen LogP contribution in [0.3, 0.4) is 0 Å². The van der Waals surface area contributed by atoms with Gasteiger partial charge in [-0.05, 0) is 29.8 Å². The number of hydrazone groups is 1. The largest absolute Gasteiger partial charge is 0.350 e. The number of thioether (sulfide) groups is 2. The molecule has 3 aromatic rings. The van der Waals surface area contributed by atoms with Crippen molar-refractivity contribution < 1.29 is 4.79 Å². The number of nitrogens with one attached hydrogen (secondary N) is 1. The van der Waals surface area contributed by atoms with Crippen LogP contribution in [0.15, 0.2) is 56.4 Å². The molecule has 0 atom stereocenters. The molecule has 0 aliphatic carbocycles. The van der Waals surface area contributed by atoms with E-state index in [0.29, 0.717) is 0 Å². The monoisotopic (exact) mass is 437 g/mol. The first kappa shape index (κ1) is 19.9. The zero-order valence-electron chi connectivity index (χ0n) is 14.3. The number of amides is 1. The molecule has 1 amide bonds. The van der Waals surface area contributed by atoms with E-state index in [1.54, 1.807) is 18.0 Å². The van der Waals surface area contributed by atoms with E-state index in [9.17, 15) is 4.79 Å². The fourth-order valence-corrected chi connectivity index (χ4v) is 4.87. The molecule has 0 saturated carbocycles. The number of benzene rings is 1. The summed E-state index contributed by atoms with van der Waals surface area (Å²) in [6, 6.07) is 11.6. The van der Waals surface area contributed by atoms with Crippen molar-refractivity contribution in [3.63, 3.8) is 0 Å².